The van der Waals surface area contributed by atoms with E-state index >= 15 is 0 Å². The third-order valence-corrected chi connectivity index (χ3v) is 4.92. The van der Waals surface area contributed by atoms with Gasteiger partial charge in [0.25, 0.3) is 5.91 Å². The van der Waals surface area contributed by atoms with Crippen molar-refractivity contribution in [1.29, 1.82) is 0 Å². The molecule has 0 fully saturated rings. The summed E-state index contributed by atoms with van der Waals surface area (Å²) in [7, 11) is 3.19. The Bertz CT molecular complexity index is 967. The van der Waals surface area contributed by atoms with Crippen LogP contribution in [0.25, 0.3) is 0 Å². The van der Waals surface area contributed by atoms with E-state index in [1.54, 1.807) is 32.4 Å². The molecule has 7 heteroatoms. The Balaban J connectivity index is 1.66. The van der Waals surface area contributed by atoms with Crippen LogP contribution in [0, 0.1) is 0 Å². The summed E-state index contributed by atoms with van der Waals surface area (Å²) in [5, 5.41) is 6.18. The smallest absolute Gasteiger partial charge is 0.274 e. The highest BCUT2D eigenvalue weighted by Crippen LogP contribution is 2.36. The molecular weight excluding hydrogens is 360 g/mol. The van der Waals surface area contributed by atoms with E-state index in [0.29, 0.717) is 35.0 Å². The number of benzene rings is 2. The largest absolute Gasteiger partial charge is 0.493 e. The predicted octanol–water partition coefficient (Wildman–Crippen LogP) is 3.46. The second-order valence-corrected chi connectivity index (χ2v) is 7.29. The van der Waals surface area contributed by atoms with Crippen LogP contribution in [0.4, 0.5) is 0 Å². The van der Waals surface area contributed by atoms with Gasteiger partial charge in [-0.1, -0.05) is 0 Å². The Morgan fingerprint density at radius 1 is 1.04 bits per heavy atom. The van der Waals surface area contributed by atoms with E-state index < -0.39 is 5.54 Å². The summed E-state index contributed by atoms with van der Waals surface area (Å²) in [4.78, 5) is 13.1. The predicted molar refractivity (Wildman–Crippen MR) is 104 cm³/mol. The minimum Gasteiger partial charge on any atom is -0.493 e. The first-order valence-electron chi connectivity index (χ1n) is 8.97. The maximum absolute atomic E-state index is 13.1. The minimum absolute atomic E-state index is 0.170. The first kappa shape index (κ1) is 18.2. The van der Waals surface area contributed by atoms with Gasteiger partial charge in [-0.05, 0) is 50.2 Å². The molecule has 0 aromatic heterocycles. The fourth-order valence-corrected chi connectivity index (χ4v) is 3.42. The zero-order valence-corrected chi connectivity index (χ0v) is 16.3. The van der Waals surface area contributed by atoms with Crippen LogP contribution in [-0.2, 0) is 0 Å². The molecule has 0 aliphatic carbocycles. The van der Waals surface area contributed by atoms with Crippen molar-refractivity contribution in [2.75, 3.05) is 21.0 Å². The van der Waals surface area contributed by atoms with Gasteiger partial charge < -0.3 is 18.9 Å². The lowest BCUT2D eigenvalue weighted by atomic mass is 9.94. The average Bonchev–Trinajstić information content (AvgIpc) is 3.29. The van der Waals surface area contributed by atoms with Gasteiger partial charge in [0.2, 0.25) is 6.79 Å². The Kier molecular flexibility index (Phi) is 4.37. The second kappa shape index (κ2) is 6.74. The summed E-state index contributed by atoms with van der Waals surface area (Å²) in [6.45, 7) is 4.16. The van der Waals surface area contributed by atoms with Crippen LogP contribution >= 0.6 is 0 Å². The van der Waals surface area contributed by atoms with Crippen molar-refractivity contribution in [3.8, 4) is 23.0 Å². The van der Waals surface area contributed by atoms with Crippen molar-refractivity contribution >= 4 is 11.6 Å². The Morgan fingerprint density at radius 3 is 2.54 bits per heavy atom. The monoisotopic (exact) mass is 382 g/mol. The molecule has 7 nitrogen and oxygen atoms in total. The van der Waals surface area contributed by atoms with Crippen molar-refractivity contribution in [3.05, 3.63) is 47.5 Å². The summed E-state index contributed by atoms with van der Waals surface area (Å²) < 4.78 is 21.4. The molecule has 2 aromatic rings. The first-order valence-corrected chi connectivity index (χ1v) is 8.97. The third-order valence-electron chi connectivity index (χ3n) is 4.92. The number of hydrogen-bond donors (Lipinski definition) is 0. The van der Waals surface area contributed by atoms with E-state index in [4.69, 9.17) is 18.9 Å². The van der Waals surface area contributed by atoms with Gasteiger partial charge in [-0.25, -0.2) is 5.01 Å². The van der Waals surface area contributed by atoms with Crippen molar-refractivity contribution < 1.29 is 23.7 Å². The third kappa shape index (κ3) is 3.02. The summed E-state index contributed by atoms with van der Waals surface area (Å²) in [6, 6.07) is 10.8. The lowest BCUT2D eigenvalue weighted by Gasteiger charge is -2.28. The van der Waals surface area contributed by atoms with Crippen molar-refractivity contribution in [2.24, 2.45) is 5.10 Å². The Labute approximate surface area is 163 Å². The summed E-state index contributed by atoms with van der Waals surface area (Å²) in [5.41, 5.74) is 1.76. The maximum Gasteiger partial charge on any atom is 0.274 e. The minimum atomic E-state index is -0.462. The summed E-state index contributed by atoms with van der Waals surface area (Å²) in [5.74, 6) is 2.32. The topological polar surface area (TPSA) is 69.6 Å². The number of fused-ring (bicyclic) bond motifs is 1. The number of hydrazone groups is 1. The molecule has 0 N–H and O–H groups in total. The van der Waals surface area contributed by atoms with Gasteiger partial charge in [-0.2, -0.15) is 5.10 Å². The fourth-order valence-electron chi connectivity index (χ4n) is 3.42. The normalized spacial score (nSPS) is 16.7. The SMILES string of the molecule is COc1ccc(C2=NN(C(=O)c3ccc4c(c3)OCO4)C(C)(C)C2)cc1OC. The van der Waals surface area contributed by atoms with Gasteiger partial charge in [-0.3, -0.25) is 4.79 Å². The number of ether oxygens (including phenoxy) is 4. The van der Waals surface area contributed by atoms with E-state index in [0.717, 1.165) is 11.3 Å². The van der Waals surface area contributed by atoms with Crippen LogP contribution in [-0.4, -0.2) is 43.2 Å². The molecule has 2 aromatic carbocycles. The molecule has 1 amide bonds. The molecule has 0 saturated heterocycles. The summed E-state index contributed by atoms with van der Waals surface area (Å²) in [6.07, 6.45) is 0.624. The molecular formula is C21H22N2O5. The Hall–Kier alpha value is -3.22. The number of amides is 1. The number of methoxy groups -OCH3 is 2. The van der Waals surface area contributed by atoms with E-state index in [-0.39, 0.29) is 12.7 Å². The van der Waals surface area contributed by atoms with E-state index in [2.05, 4.69) is 5.10 Å². The molecule has 146 valence electrons. The standard InChI is InChI=1S/C21H22N2O5/c1-21(2)11-15(13-5-7-16(25-3)18(9-13)26-4)22-23(21)20(24)14-6-8-17-19(10-14)28-12-27-17/h5-10H,11-12H2,1-4H3. The van der Waals surface area contributed by atoms with Gasteiger partial charge in [0.15, 0.2) is 23.0 Å². The maximum atomic E-state index is 13.1. The number of hydrogen-bond acceptors (Lipinski definition) is 6. The lowest BCUT2D eigenvalue weighted by molar-refractivity contribution is 0.0612. The van der Waals surface area contributed by atoms with Crippen LogP contribution in [0.3, 0.4) is 0 Å². The van der Waals surface area contributed by atoms with Crippen molar-refractivity contribution in [3.63, 3.8) is 0 Å². The van der Waals surface area contributed by atoms with Gasteiger partial charge in [0.1, 0.15) is 0 Å². The molecule has 0 spiro atoms. The van der Waals surface area contributed by atoms with E-state index in [9.17, 15) is 4.79 Å². The molecule has 0 atom stereocenters. The van der Waals surface area contributed by atoms with Crippen LogP contribution in [0.15, 0.2) is 41.5 Å². The van der Waals surface area contributed by atoms with Gasteiger partial charge in [0.05, 0.1) is 25.5 Å². The zero-order chi connectivity index (χ0) is 19.9. The molecule has 4 rings (SSSR count). The average molecular weight is 382 g/mol. The second-order valence-electron chi connectivity index (χ2n) is 7.29. The quantitative estimate of drug-likeness (QED) is 0.810. The van der Waals surface area contributed by atoms with Gasteiger partial charge >= 0.3 is 0 Å². The van der Waals surface area contributed by atoms with Gasteiger partial charge in [0, 0.05) is 17.5 Å². The molecule has 0 unspecified atom stereocenters. The fraction of sp³-hybridized carbons (Fsp3) is 0.333. The molecule has 28 heavy (non-hydrogen) atoms. The van der Waals surface area contributed by atoms with Crippen molar-refractivity contribution in [1.82, 2.24) is 5.01 Å². The molecule has 0 saturated carbocycles. The van der Waals surface area contributed by atoms with Gasteiger partial charge in [-0.15, -0.1) is 0 Å². The molecule has 0 bridgehead atoms. The lowest BCUT2D eigenvalue weighted by Crippen LogP contribution is -2.40. The molecule has 2 heterocycles. The first-order chi connectivity index (χ1) is 13.4. The van der Waals surface area contributed by atoms with Crippen LogP contribution in [0.5, 0.6) is 23.0 Å². The number of rotatable bonds is 4. The van der Waals surface area contributed by atoms with Crippen molar-refractivity contribution in [2.45, 2.75) is 25.8 Å². The van der Waals surface area contributed by atoms with E-state index in [1.165, 1.54) is 5.01 Å². The number of nitrogens with zero attached hydrogens (tertiary/aromatic N) is 2. The highest BCUT2D eigenvalue weighted by Gasteiger charge is 2.39. The van der Waals surface area contributed by atoms with Crippen LogP contribution < -0.4 is 18.9 Å². The zero-order valence-electron chi connectivity index (χ0n) is 16.3. The summed E-state index contributed by atoms with van der Waals surface area (Å²) >= 11 is 0. The molecule has 2 aliphatic rings. The Morgan fingerprint density at radius 2 is 1.79 bits per heavy atom. The van der Waals surface area contributed by atoms with Crippen LogP contribution in [0.2, 0.25) is 0 Å². The molecule has 2 aliphatic heterocycles. The number of carbonyl (C=O) groups excluding carboxylic acids is 1. The highest BCUT2D eigenvalue weighted by atomic mass is 16.7. The highest BCUT2D eigenvalue weighted by molar-refractivity contribution is 6.06. The van der Waals surface area contributed by atoms with Crippen LogP contribution in [0.1, 0.15) is 36.2 Å². The number of carbonyl (C=O) groups is 1. The van der Waals surface area contributed by atoms with E-state index in [1.807, 2.05) is 32.0 Å². The molecule has 0 radical (unpaired) electrons.